The molecular weight excluding hydrogens is 300 g/mol. The molecular formula is C16H14N2O5. The lowest BCUT2D eigenvalue weighted by molar-refractivity contribution is -0.140. The Kier molecular flexibility index (Phi) is 4.02. The number of rotatable bonds is 3. The average Bonchev–Trinajstić information content (AvgIpc) is 2.51. The number of carbonyl (C=O) groups excluding carboxylic acids is 3. The third-order valence-corrected chi connectivity index (χ3v) is 3.89. The first-order chi connectivity index (χ1) is 10.7. The lowest BCUT2D eigenvalue weighted by atomic mass is 9.66. The molecule has 1 unspecified atom stereocenters. The van der Waals surface area contributed by atoms with E-state index in [0.29, 0.717) is 5.56 Å². The number of hydrogen-bond acceptors (Lipinski definition) is 4. The van der Waals surface area contributed by atoms with Gasteiger partial charge in [-0.2, -0.15) is 0 Å². The third kappa shape index (κ3) is 2.71. The Balaban J connectivity index is 2.50. The summed E-state index contributed by atoms with van der Waals surface area (Å²) >= 11 is 0. The van der Waals surface area contributed by atoms with E-state index in [1.54, 1.807) is 19.9 Å². The number of carboxylic acid groups (broad SMARTS) is 1. The maximum atomic E-state index is 12.6. The molecule has 0 bridgehead atoms. The van der Waals surface area contributed by atoms with Crippen LogP contribution in [0.5, 0.6) is 0 Å². The van der Waals surface area contributed by atoms with E-state index in [2.05, 4.69) is 10.2 Å². The molecule has 2 N–H and O–H groups in total. The van der Waals surface area contributed by atoms with E-state index in [9.17, 15) is 19.2 Å². The largest absolute Gasteiger partial charge is 0.480 e. The summed E-state index contributed by atoms with van der Waals surface area (Å²) in [5.41, 5.74) is -0.248. The molecule has 0 heterocycles. The number of Topliss-reactive ketones (excluding diaryl/α,β-unsaturated/α-hetero) is 2. The molecule has 1 aromatic rings. The number of carbonyl (C=O) groups is 4. The molecule has 0 saturated heterocycles. The Hall–Kier alpha value is -3.01. The van der Waals surface area contributed by atoms with Gasteiger partial charge < -0.3 is 10.4 Å². The second kappa shape index (κ2) is 5.65. The van der Waals surface area contributed by atoms with E-state index in [0.717, 1.165) is 0 Å². The monoisotopic (exact) mass is 314 g/mol. The van der Waals surface area contributed by atoms with Crippen LogP contribution in [0.4, 0.5) is 5.69 Å². The van der Waals surface area contributed by atoms with Gasteiger partial charge in [-0.15, -0.1) is 0 Å². The Labute approximate surface area is 132 Å². The van der Waals surface area contributed by atoms with Crippen LogP contribution in [0, 0.1) is 12.5 Å². The second-order valence-electron chi connectivity index (χ2n) is 5.74. The first kappa shape index (κ1) is 16.4. The Bertz CT molecular complexity index is 773. The number of nitrogens with one attached hydrogen (secondary N) is 1. The maximum Gasteiger partial charge on any atom is 0.322 e. The van der Waals surface area contributed by atoms with Gasteiger partial charge in [0.05, 0.1) is 12.0 Å². The Morgan fingerprint density at radius 3 is 2.57 bits per heavy atom. The molecule has 1 aliphatic rings. The molecule has 2 rings (SSSR count). The van der Waals surface area contributed by atoms with Gasteiger partial charge in [-0.25, -0.2) is 4.85 Å². The normalized spacial score (nSPS) is 18.7. The molecule has 23 heavy (non-hydrogen) atoms. The van der Waals surface area contributed by atoms with Crippen molar-refractivity contribution in [2.24, 2.45) is 5.92 Å². The fraction of sp³-hybridized carbons (Fsp3) is 0.312. The van der Waals surface area contributed by atoms with Crippen LogP contribution in [-0.2, 0) is 19.8 Å². The van der Waals surface area contributed by atoms with Crippen LogP contribution in [0.15, 0.2) is 18.2 Å². The summed E-state index contributed by atoms with van der Waals surface area (Å²) in [6, 6.07) is 4.42. The van der Waals surface area contributed by atoms with E-state index in [4.69, 9.17) is 11.7 Å². The molecule has 0 spiro atoms. The predicted molar refractivity (Wildman–Crippen MR) is 79.2 cm³/mol. The Morgan fingerprint density at radius 2 is 2.00 bits per heavy atom. The third-order valence-electron chi connectivity index (χ3n) is 3.89. The standard InChI is InChI=1S/C16H14N2O5/c1-16(2)10-5-4-8(17-3)6-9(10)13(21)12(14(16)22)15(23)18-7-11(19)20/h4-6,12H,7H2,1-2H3,(H,18,23)(H,19,20). The van der Waals surface area contributed by atoms with Crippen LogP contribution in [0.2, 0.25) is 0 Å². The second-order valence-corrected chi connectivity index (χ2v) is 5.74. The van der Waals surface area contributed by atoms with E-state index in [-0.39, 0.29) is 11.3 Å². The van der Waals surface area contributed by atoms with Crippen LogP contribution >= 0.6 is 0 Å². The van der Waals surface area contributed by atoms with E-state index in [1.165, 1.54) is 12.1 Å². The number of ketones is 2. The lowest BCUT2D eigenvalue weighted by Gasteiger charge is -2.34. The number of carboxylic acids is 1. The molecule has 0 saturated carbocycles. The fourth-order valence-corrected chi connectivity index (χ4v) is 2.62. The topological polar surface area (TPSA) is 105 Å². The van der Waals surface area contributed by atoms with Crippen LogP contribution in [0.25, 0.3) is 4.85 Å². The van der Waals surface area contributed by atoms with Crippen LogP contribution < -0.4 is 5.32 Å². The van der Waals surface area contributed by atoms with Gasteiger partial charge in [-0.3, -0.25) is 19.2 Å². The van der Waals surface area contributed by atoms with E-state index < -0.39 is 41.3 Å². The summed E-state index contributed by atoms with van der Waals surface area (Å²) in [7, 11) is 0. The van der Waals surface area contributed by atoms with Gasteiger partial charge >= 0.3 is 5.97 Å². The van der Waals surface area contributed by atoms with Crippen molar-refractivity contribution >= 4 is 29.1 Å². The molecule has 0 fully saturated rings. The summed E-state index contributed by atoms with van der Waals surface area (Å²) in [6.45, 7) is 9.53. The minimum atomic E-state index is -1.60. The molecule has 7 nitrogen and oxygen atoms in total. The lowest BCUT2D eigenvalue weighted by Crippen LogP contribution is -2.51. The first-order valence-electron chi connectivity index (χ1n) is 6.80. The smallest absolute Gasteiger partial charge is 0.322 e. The van der Waals surface area contributed by atoms with Crippen molar-refractivity contribution in [1.29, 1.82) is 0 Å². The highest BCUT2D eigenvalue weighted by Crippen LogP contribution is 2.38. The number of amides is 1. The zero-order valence-corrected chi connectivity index (χ0v) is 12.5. The van der Waals surface area contributed by atoms with Crippen molar-refractivity contribution in [3.05, 3.63) is 40.7 Å². The van der Waals surface area contributed by atoms with Crippen molar-refractivity contribution in [2.75, 3.05) is 6.54 Å². The Morgan fingerprint density at radius 1 is 1.35 bits per heavy atom. The van der Waals surface area contributed by atoms with Crippen molar-refractivity contribution in [2.45, 2.75) is 19.3 Å². The van der Waals surface area contributed by atoms with Gasteiger partial charge in [0.25, 0.3) is 0 Å². The molecule has 118 valence electrons. The summed E-state index contributed by atoms with van der Waals surface area (Å²) in [6.07, 6.45) is 0. The van der Waals surface area contributed by atoms with Gasteiger partial charge in [0.2, 0.25) is 5.91 Å². The van der Waals surface area contributed by atoms with Crippen LogP contribution in [-0.4, -0.2) is 35.1 Å². The quantitative estimate of drug-likeness (QED) is 0.642. The zero-order chi connectivity index (χ0) is 17.4. The molecule has 1 atom stereocenters. The predicted octanol–water partition coefficient (Wildman–Crippen LogP) is 1.10. The molecule has 1 aliphatic carbocycles. The first-order valence-corrected chi connectivity index (χ1v) is 6.80. The number of hydrogen-bond donors (Lipinski definition) is 2. The van der Waals surface area contributed by atoms with E-state index >= 15 is 0 Å². The van der Waals surface area contributed by atoms with Crippen molar-refractivity contribution in [3.63, 3.8) is 0 Å². The summed E-state index contributed by atoms with van der Waals surface area (Å²) in [5.74, 6) is -5.11. The molecule has 0 radical (unpaired) electrons. The number of fused-ring (bicyclic) bond motifs is 1. The van der Waals surface area contributed by atoms with Crippen LogP contribution in [0.1, 0.15) is 29.8 Å². The molecule has 0 aliphatic heterocycles. The van der Waals surface area contributed by atoms with Crippen LogP contribution in [0.3, 0.4) is 0 Å². The zero-order valence-electron chi connectivity index (χ0n) is 12.5. The van der Waals surface area contributed by atoms with Crippen molar-refractivity contribution < 1.29 is 24.3 Å². The van der Waals surface area contributed by atoms with E-state index in [1.807, 2.05) is 0 Å². The van der Waals surface area contributed by atoms with Gasteiger partial charge in [0.15, 0.2) is 23.2 Å². The highest BCUT2D eigenvalue weighted by Gasteiger charge is 2.49. The summed E-state index contributed by atoms with van der Waals surface area (Å²) < 4.78 is 0. The minimum Gasteiger partial charge on any atom is -0.480 e. The van der Waals surface area contributed by atoms with Gasteiger partial charge in [0.1, 0.15) is 6.54 Å². The van der Waals surface area contributed by atoms with Crippen molar-refractivity contribution in [3.8, 4) is 0 Å². The van der Waals surface area contributed by atoms with Gasteiger partial charge in [-0.05, 0) is 25.5 Å². The highest BCUT2D eigenvalue weighted by molar-refractivity contribution is 6.29. The number of nitrogens with zero attached hydrogens (tertiary/aromatic N) is 1. The minimum absolute atomic E-state index is 0.151. The summed E-state index contributed by atoms with van der Waals surface area (Å²) in [5, 5.41) is 10.7. The van der Waals surface area contributed by atoms with Crippen molar-refractivity contribution in [1.82, 2.24) is 5.32 Å². The highest BCUT2D eigenvalue weighted by atomic mass is 16.4. The molecule has 1 amide bonds. The fourth-order valence-electron chi connectivity index (χ4n) is 2.62. The number of benzene rings is 1. The maximum absolute atomic E-state index is 12.6. The molecule has 7 heteroatoms. The molecule has 1 aromatic carbocycles. The molecule has 0 aromatic heterocycles. The average molecular weight is 314 g/mol. The van der Waals surface area contributed by atoms with Gasteiger partial charge in [-0.1, -0.05) is 12.1 Å². The SMILES string of the molecule is [C-]#[N+]c1ccc2c(c1)C(=O)C(C(=O)NCC(=O)O)C(=O)C2(C)C. The number of aliphatic carboxylic acids is 1. The summed E-state index contributed by atoms with van der Waals surface area (Å²) in [4.78, 5) is 51.0. The van der Waals surface area contributed by atoms with Gasteiger partial charge in [0, 0.05) is 5.56 Å².